The van der Waals surface area contributed by atoms with Gasteiger partial charge in [0.25, 0.3) is 0 Å². The van der Waals surface area contributed by atoms with Crippen LogP contribution < -0.4 is 0 Å². The molecule has 1 saturated heterocycles. The lowest BCUT2D eigenvalue weighted by molar-refractivity contribution is 0.0694. The quantitative estimate of drug-likeness (QED) is 0.920. The minimum absolute atomic E-state index is 0.204. The third-order valence-corrected chi connectivity index (χ3v) is 4.12. The minimum Gasteiger partial charge on any atom is -0.478 e. The molecule has 0 aromatic heterocycles. The topological polar surface area (TPSA) is 40.5 Å². The third-order valence-electron chi connectivity index (χ3n) is 4.12. The molecule has 1 aliphatic rings. The smallest absolute Gasteiger partial charge is 0.336 e. The van der Waals surface area contributed by atoms with Gasteiger partial charge in [0.05, 0.1) is 5.56 Å². The second kappa shape index (κ2) is 5.92. The van der Waals surface area contributed by atoms with E-state index in [-0.39, 0.29) is 11.4 Å². The van der Waals surface area contributed by atoms with Gasteiger partial charge in [-0.15, -0.1) is 0 Å². The van der Waals surface area contributed by atoms with Gasteiger partial charge < -0.3 is 5.11 Å². The number of rotatable bonds is 3. The van der Waals surface area contributed by atoms with Crippen molar-refractivity contribution in [2.75, 3.05) is 13.1 Å². The normalized spacial score (nSPS) is 19.6. The first-order valence-corrected chi connectivity index (χ1v) is 7.11. The van der Waals surface area contributed by atoms with Gasteiger partial charge in [0.15, 0.2) is 0 Å². The number of hydrogen-bond donors (Lipinski definition) is 1. The van der Waals surface area contributed by atoms with Crippen molar-refractivity contribution >= 4 is 5.97 Å². The van der Waals surface area contributed by atoms with E-state index >= 15 is 0 Å². The zero-order chi connectivity index (χ0) is 14.8. The van der Waals surface area contributed by atoms with Gasteiger partial charge in [-0.2, -0.15) is 0 Å². The van der Waals surface area contributed by atoms with Crippen LogP contribution in [0.1, 0.15) is 49.0 Å². The van der Waals surface area contributed by atoms with Crippen LogP contribution in [0.5, 0.6) is 0 Å². The molecule has 20 heavy (non-hydrogen) atoms. The van der Waals surface area contributed by atoms with E-state index in [2.05, 4.69) is 18.7 Å². The van der Waals surface area contributed by atoms with Crippen molar-refractivity contribution in [3.63, 3.8) is 0 Å². The number of nitrogens with zero attached hydrogens (tertiary/aromatic N) is 1. The van der Waals surface area contributed by atoms with Crippen LogP contribution in [0, 0.1) is 11.2 Å². The molecule has 1 aromatic rings. The van der Waals surface area contributed by atoms with Gasteiger partial charge in [-0.3, -0.25) is 4.90 Å². The molecule has 1 aliphatic heterocycles. The first kappa shape index (κ1) is 15.0. The second-order valence-electron chi connectivity index (χ2n) is 6.40. The van der Waals surface area contributed by atoms with Crippen LogP contribution in [0.4, 0.5) is 4.39 Å². The lowest BCUT2D eigenvalue weighted by atomic mass is 9.85. The summed E-state index contributed by atoms with van der Waals surface area (Å²) < 4.78 is 13.4. The molecular formula is C16H22FNO2. The largest absolute Gasteiger partial charge is 0.478 e. The molecule has 0 radical (unpaired) electrons. The summed E-state index contributed by atoms with van der Waals surface area (Å²) in [6.45, 7) is 6.92. The van der Waals surface area contributed by atoms with Crippen LogP contribution in [0.15, 0.2) is 18.2 Å². The molecular weight excluding hydrogens is 257 g/mol. The maximum absolute atomic E-state index is 13.4. The van der Waals surface area contributed by atoms with Crippen molar-refractivity contribution < 1.29 is 14.3 Å². The number of halogens is 1. The zero-order valence-corrected chi connectivity index (χ0v) is 12.2. The summed E-state index contributed by atoms with van der Waals surface area (Å²) in [5.41, 5.74) is 1.11. The average molecular weight is 279 g/mol. The number of benzene rings is 1. The molecule has 0 saturated carbocycles. The van der Waals surface area contributed by atoms with Crippen molar-refractivity contribution in [3.8, 4) is 0 Å². The molecule has 4 heteroatoms. The molecule has 0 amide bonds. The molecule has 1 aromatic carbocycles. The Kier molecular flexibility index (Phi) is 4.43. The van der Waals surface area contributed by atoms with Crippen LogP contribution >= 0.6 is 0 Å². The fraction of sp³-hybridized carbons (Fsp3) is 0.562. The molecule has 0 aliphatic carbocycles. The molecule has 1 N–H and O–H groups in total. The van der Waals surface area contributed by atoms with Gasteiger partial charge in [0.1, 0.15) is 5.82 Å². The maximum Gasteiger partial charge on any atom is 0.336 e. The Morgan fingerprint density at radius 3 is 2.80 bits per heavy atom. The van der Waals surface area contributed by atoms with Crippen molar-refractivity contribution in [1.82, 2.24) is 4.90 Å². The molecule has 3 nitrogen and oxygen atoms in total. The number of carboxylic acid groups (broad SMARTS) is 1. The Hall–Kier alpha value is -1.42. The first-order chi connectivity index (χ1) is 9.37. The standard InChI is InChI=1S/C16H22FNO2/c1-16(2)6-3-8-18(9-7-16)11-12-10-13(17)4-5-14(12)15(19)20/h4-5,10H,3,6-9,11H2,1-2H3,(H,19,20). The highest BCUT2D eigenvalue weighted by atomic mass is 19.1. The fourth-order valence-corrected chi connectivity index (χ4v) is 2.78. The molecule has 0 bridgehead atoms. The van der Waals surface area contributed by atoms with E-state index in [1.807, 2.05) is 0 Å². The monoisotopic (exact) mass is 279 g/mol. The summed E-state index contributed by atoms with van der Waals surface area (Å²) in [4.78, 5) is 13.4. The summed E-state index contributed by atoms with van der Waals surface area (Å²) in [7, 11) is 0. The van der Waals surface area contributed by atoms with E-state index in [1.54, 1.807) is 0 Å². The Morgan fingerprint density at radius 1 is 1.35 bits per heavy atom. The summed E-state index contributed by atoms with van der Waals surface area (Å²) in [5.74, 6) is -1.37. The van der Waals surface area contributed by atoms with Crippen LogP contribution in [0.25, 0.3) is 0 Å². The number of carboxylic acids is 1. The minimum atomic E-state index is -0.991. The molecule has 110 valence electrons. The van der Waals surface area contributed by atoms with Crippen LogP contribution in [0.2, 0.25) is 0 Å². The van der Waals surface area contributed by atoms with Gasteiger partial charge in [-0.1, -0.05) is 13.8 Å². The first-order valence-electron chi connectivity index (χ1n) is 7.11. The Balaban J connectivity index is 2.13. The number of carbonyl (C=O) groups is 1. The van der Waals surface area contributed by atoms with Crippen molar-refractivity contribution in [1.29, 1.82) is 0 Å². The Bertz CT molecular complexity index is 499. The van der Waals surface area contributed by atoms with Gasteiger partial charge >= 0.3 is 5.97 Å². The maximum atomic E-state index is 13.4. The van der Waals surface area contributed by atoms with Crippen molar-refractivity contribution in [3.05, 3.63) is 35.1 Å². The lowest BCUT2D eigenvalue weighted by Crippen LogP contribution is -2.26. The van der Waals surface area contributed by atoms with Gasteiger partial charge in [0.2, 0.25) is 0 Å². The zero-order valence-electron chi connectivity index (χ0n) is 12.2. The predicted molar refractivity (Wildman–Crippen MR) is 76.3 cm³/mol. The molecule has 1 heterocycles. The van der Waals surface area contributed by atoms with E-state index in [0.717, 1.165) is 25.9 Å². The van der Waals surface area contributed by atoms with Gasteiger partial charge in [-0.25, -0.2) is 9.18 Å². The lowest BCUT2D eigenvalue weighted by Gasteiger charge is -2.23. The van der Waals surface area contributed by atoms with Gasteiger partial charge in [-0.05, 0) is 61.5 Å². The Morgan fingerprint density at radius 2 is 2.10 bits per heavy atom. The fourth-order valence-electron chi connectivity index (χ4n) is 2.78. The van der Waals surface area contributed by atoms with Gasteiger partial charge in [0, 0.05) is 6.54 Å². The third kappa shape index (κ3) is 3.79. The highest BCUT2D eigenvalue weighted by Gasteiger charge is 2.24. The highest BCUT2D eigenvalue weighted by Crippen LogP contribution is 2.30. The summed E-state index contributed by atoms with van der Waals surface area (Å²) in [6.07, 6.45) is 3.37. The summed E-state index contributed by atoms with van der Waals surface area (Å²) in [6, 6.07) is 3.91. The van der Waals surface area contributed by atoms with E-state index in [0.29, 0.717) is 17.5 Å². The van der Waals surface area contributed by atoms with E-state index in [4.69, 9.17) is 0 Å². The highest BCUT2D eigenvalue weighted by molar-refractivity contribution is 5.89. The Labute approximate surface area is 119 Å². The number of likely N-dealkylation sites (tertiary alicyclic amines) is 1. The molecule has 2 rings (SSSR count). The van der Waals surface area contributed by atoms with Crippen LogP contribution in [-0.2, 0) is 6.54 Å². The molecule has 1 fully saturated rings. The molecule has 0 unspecified atom stereocenters. The number of hydrogen-bond acceptors (Lipinski definition) is 2. The summed E-state index contributed by atoms with van der Waals surface area (Å²) >= 11 is 0. The predicted octanol–water partition coefficient (Wildman–Crippen LogP) is 3.54. The van der Waals surface area contributed by atoms with E-state index < -0.39 is 5.97 Å². The molecule has 0 atom stereocenters. The second-order valence-corrected chi connectivity index (χ2v) is 6.40. The van der Waals surface area contributed by atoms with Crippen molar-refractivity contribution in [2.24, 2.45) is 5.41 Å². The number of aromatic carboxylic acids is 1. The molecule has 0 spiro atoms. The summed E-state index contributed by atoms with van der Waals surface area (Å²) in [5, 5.41) is 9.18. The average Bonchev–Trinajstić information content (AvgIpc) is 2.51. The van der Waals surface area contributed by atoms with Crippen molar-refractivity contribution in [2.45, 2.75) is 39.7 Å². The van der Waals surface area contributed by atoms with Crippen LogP contribution in [0.3, 0.4) is 0 Å². The SMILES string of the molecule is CC1(C)CCCN(Cc2cc(F)ccc2C(=O)O)CC1. The van der Waals surface area contributed by atoms with Crippen LogP contribution in [-0.4, -0.2) is 29.1 Å². The van der Waals surface area contributed by atoms with E-state index in [9.17, 15) is 14.3 Å². The van der Waals surface area contributed by atoms with E-state index in [1.165, 1.54) is 24.6 Å².